The number of nitro groups is 1. The van der Waals surface area contributed by atoms with Crippen LogP contribution in [-0.4, -0.2) is 47.7 Å². The molecule has 0 unspecified atom stereocenters. The Morgan fingerprint density at radius 3 is 2.55 bits per heavy atom. The summed E-state index contributed by atoms with van der Waals surface area (Å²) in [5.41, 5.74) is 1.32. The molecule has 1 N–H and O–H groups in total. The molecule has 2 rings (SSSR count). The number of rotatable bonds is 5. The fraction of sp³-hybridized carbons (Fsp3) is 0.571. The molecule has 110 valence electrons. The first kappa shape index (κ1) is 14.7. The van der Waals surface area contributed by atoms with E-state index in [4.69, 9.17) is 0 Å². The lowest BCUT2D eigenvalue weighted by Gasteiger charge is -2.36. The number of benzene rings is 1. The van der Waals surface area contributed by atoms with Crippen molar-refractivity contribution in [3.63, 3.8) is 0 Å². The molecule has 0 aromatic heterocycles. The van der Waals surface area contributed by atoms with Crippen LogP contribution in [0.3, 0.4) is 0 Å². The van der Waals surface area contributed by atoms with Crippen LogP contribution in [0.1, 0.15) is 18.9 Å². The van der Waals surface area contributed by atoms with E-state index >= 15 is 0 Å². The number of hydrogen-bond donors (Lipinski definition) is 1. The van der Waals surface area contributed by atoms with Crippen molar-refractivity contribution in [1.82, 2.24) is 4.90 Å². The van der Waals surface area contributed by atoms with Gasteiger partial charge in [-0.05, 0) is 25.1 Å². The van der Waals surface area contributed by atoms with Gasteiger partial charge in [0.25, 0.3) is 5.69 Å². The second-order valence-corrected chi connectivity index (χ2v) is 5.06. The highest BCUT2D eigenvalue weighted by Gasteiger charge is 2.19. The summed E-state index contributed by atoms with van der Waals surface area (Å²) in [7, 11) is 0. The predicted molar refractivity (Wildman–Crippen MR) is 78.0 cm³/mol. The summed E-state index contributed by atoms with van der Waals surface area (Å²) in [4.78, 5) is 15.1. The second kappa shape index (κ2) is 6.67. The molecule has 0 amide bonds. The van der Waals surface area contributed by atoms with E-state index in [1.165, 1.54) is 6.07 Å². The van der Waals surface area contributed by atoms with Crippen molar-refractivity contribution >= 4 is 11.4 Å². The summed E-state index contributed by atoms with van der Waals surface area (Å²) in [5, 5.41) is 20.1. The van der Waals surface area contributed by atoms with E-state index in [-0.39, 0.29) is 12.3 Å². The third kappa shape index (κ3) is 3.26. The Kier molecular flexibility index (Phi) is 4.92. The van der Waals surface area contributed by atoms with Crippen molar-refractivity contribution < 1.29 is 10.0 Å². The first-order valence-corrected chi connectivity index (χ1v) is 7.01. The largest absolute Gasteiger partial charge is 0.391 e. The van der Waals surface area contributed by atoms with E-state index in [1.807, 2.05) is 0 Å². The van der Waals surface area contributed by atoms with Crippen LogP contribution in [0.2, 0.25) is 0 Å². The minimum atomic E-state index is -0.450. The molecule has 6 heteroatoms. The average Bonchev–Trinajstić information content (AvgIpc) is 2.47. The Bertz CT molecular complexity index is 471. The van der Waals surface area contributed by atoms with Crippen molar-refractivity contribution in [3.8, 4) is 0 Å². The second-order valence-electron chi connectivity index (χ2n) is 5.06. The molecule has 1 aromatic rings. The highest BCUT2D eigenvalue weighted by atomic mass is 16.6. The van der Waals surface area contributed by atoms with E-state index in [1.54, 1.807) is 12.1 Å². The number of aliphatic hydroxyl groups is 1. The van der Waals surface area contributed by atoms with E-state index < -0.39 is 4.92 Å². The number of aliphatic hydroxyl groups excluding tert-OH is 1. The molecule has 0 saturated carbocycles. The monoisotopic (exact) mass is 279 g/mol. The number of piperazine rings is 1. The van der Waals surface area contributed by atoms with Gasteiger partial charge in [0.15, 0.2) is 0 Å². The van der Waals surface area contributed by atoms with Crippen LogP contribution in [0.4, 0.5) is 11.4 Å². The van der Waals surface area contributed by atoms with E-state index in [0.717, 1.165) is 44.8 Å². The van der Waals surface area contributed by atoms with Crippen molar-refractivity contribution in [3.05, 3.63) is 33.9 Å². The summed E-state index contributed by atoms with van der Waals surface area (Å²) in [6, 6.07) is 4.99. The zero-order valence-corrected chi connectivity index (χ0v) is 11.8. The molecular weight excluding hydrogens is 258 g/mol. The number of nitro benzene ring substituents is 1. The van der Waals surface area contributed by atoms with Crippen LogP contribution in [0.15, 0.2) is 18.2 Å². The van der Waals surface area contributed by atoms with Gasteiger partial charge in [0.1, 0.15) is 0 Å². The fourth-order valence-corrected chi connectivity index (χ4v) is 2.62. The van der Waals surface area contributed by atoms with Gasteiger partial charge in [-0.2, -0.15) is 0 Å². The van der Waals surface area contributed by atoms with Gasteiger partial charge in [0.2, 0.25) is 0 Å². The molecule has 20 heavy (non-hydrogen) atoms. The molecule has 6 nitrogen and oxygen atoms in total. The predicted octanol–water partition coefficient (Wildman–Crippen LogP) is 1.62. The van der Waals surface area contributed by atoms with Crippen LogP contribution in [0.5, 0.6) is 0 Å². The Morgan fingerprint density at radius 2 is 2.00 bits per heavy atom. The third-order valence-electron chi connectivity index (χ3n) is 3.71. The standard InChI is InChI=1S/C14H21N3O3/c1-2-5-15-6-8-16(9-7-15)13-3-4-14(17(19)20)12(10-13)11-18/h3-4,10,18H,2,5-9,11H2,1H3. The Labute approximate surface area is 118 Å². The molecule has 1 aliphatic heterocycles. The van der Waals surface area contributed by atoms with E-state index in [0.29, 0.717) is 5.56 Å². The topological polar surface area (TPSA) is 69.9 Å². The van der Waals surface area contributed by atoms with Crippen molar-refractivity contribution in [2.75, 3.05) is 37.6 Å². The Hall–Kier alpha value is -1.66. The lowest BCUT2D eigenvalue weighted by atomic mass is 10.1. The zero-order valence-electron chi connectivity index (χ0n) is 11.8. The molecule has 1 aliphatic rings. The molecule has 1 aromatic carbocycles. The lowest BCUT2D eigenvalue weighted by molar-refractivity contribution is -0.385. The minimum absolute atomic E-state index is 0.0131. The van der Waals surface area contributed by atoms with Crippen molar-refractivity contribution in [1.29, 1.82) is 0 Å². The van der Waals surface area contributed by atoms with Gasteiger partial charge in [-0.3, -0.25) is 15.0 Å². The number of anilines is 1. The molecule has 0 radical (unpaired) electrons. The zero-order chi connectivity index (χ0) is 14.5. The van der Waals surface area contributed by atoms with Gasteiger partial charge in [-0.25, -0.2) is 0 Å². The maximum atomic E-state index is 10.9. The van der Waals surface area contributed by atoms with Gasteiger partial charge in [0.05, 0.1) is 17.1 Å². The van der Waals surface area contributed by atoms with Crippen LogP contribution in [0.25, 0.3) is 0 Å². The van der Waals surface area contributed by atoms with Gasteiger partial charge >= 0.3 is 0 Å². The lowest BCUT2D eigenvalue weighted by Crippen LogP contribution is -2.46. The number of nitrogens with zero attached hydrogens (tertiary/aromatic N) is 3. The Morgan fingerprint density at radius 1 is 1.30 bits per heavy atom. The summed E-state index contributed by atoms with van der Waals surface area (Å²) in [5.74, 6) is 0. The highest BCUT2D eigenvalue weighted by molar-refractivity contribution is 5.55. The maximum absolute atomic E-state index is 10.9. The summed E-state index contributed by atoms with van der Waals surface area (Å²) >= 11 is 0. The normalized spacial score (nSPS) is 16.4. The molecule has 0 atom stereocenters. The molecule has 0 bridgehead atoms. The molecule has 0 aliphatic carbocycles. The van der Waals surface area contributed by atoms with Crippen LogP contribution in [0, 0.1) is 10.1 Å². The van der Waals surface area contributed by atoms with Gasteiger partial charge < -0.3 is 10.0 Å². The fourth-order valence-electron chi connectivity index (χ4n) is 2.62. The molecule has 0 spiro atoms. The smallest absolute Gasteiger partial charge is 0.275 e. The Balaban J connectivity index is 2.08. The summed E-state index contributed by atoms with van der Waals surface area (Å²) in [6.07, 6.45) is 1.16. The van der Waals surface area contributed by atoms with Gasteiger partial charge in [0, 0.05) is 37.9 Å². The molecule has 1 heterocycles. The average molecular weight is 279 g/mol. The summed E-state index contributed by atoms with van der Waals surface area (Å²) in [6.45, 7) is 6.86. The molecule has 1 saturated heterocycles. The summed E-state index contributed by atoms with van der Waals surface area (Å²) < 4.78 is 0. The van der Waals surface area contributed by atoms with Gasteiger partial charge in [-0.15, -0.1) is 0 Å². The van der Waals surface area contributed by atoms with E-state index in [9.17, 15) is 15.2 Å². The van der Waals surface area contributed by atoms with Crippen LogP contribution in [-0.2, 0) is 6.61 Å². The first-order valence-electron chi connectivity index (χ1n) is 7.01. The van der Waals surface area contributed by atoms with Crippen LogP contribution < -0.4 is 4.90 Å². The molecular formula is C14H21N3O3. The molecule has 1 fully saturated rings. The van der Waals surface area contributed by atoms with Crippen molar-refractivity contribution in [2.24, 2.45) is 0 Å². The highest BCUT2D eigenvalue weighted by Crippen LogP contribution is 2.25. The maximum Gasteiger partial charge on any atom is 0.275 e. The minimum Gasteiger partial charge on any atom is -0.391 e. The first-order chi connectivity index (χ1) is 9.65. The quantitative estimate of drug-likeness (QED) is 0.655. The van der Waals surface area contributed by atoms with E-state index in [2.05, 4.69) is 16.7 Å². The van der Waals surface area contributed by atoms with Crippen molar-refractivity contribution in [2.45, 2.75) is 20.0 Å². The number of hydrogen-bond acceptors (Lipinski definition) is 5. The third-order valence-corrected chi connectivity index (χ3v) is 3.71. The van der Waals surface area contributed by atoms with Gasteiger partial charge in [-0.1, -0.05) is 6.92 Å². The SMILES string of the molecule is CCCN1CCN(c2ccc([N+](=O)[O-])c(CO)c2)CC1. The van der Waals surface area contributed by atoms with Crippen LogP contribution >= 0.6 is 0 Å².